The summed E-state index contributed by atoms with van der Waals surface area (Å²) in [5, 5.41) is 21.6. The molecule has 90 valence electrons. The molecule has 16 heavy (non-hydrogen) atoms. The molecule has 0 aliphatic rings. The molecule has 0 radical (unpaired) electrons. The van der Waals surface area contributed by atoms with Gasteiger partial charge < -0.3 is 15.5 Å². The molecular formula is C10H12BrF2NO2. The third-order valence-electron chi connectivity index (χ3n) is 2.12. The highest BCUT2D eigenvalue weighted by Crippen LogP contribution is 2.26. The van der Waals surface area contributed by atoms with E-state index < -0.39 is 29.4 Å². The van der Waals surface area contributed by atoms with E-state index in [1.807, 2.05) is 0 Å². The van der Waals surface area contributed by atoms with Gasteiger partial charge in [0.05, 0.1) is 11.7 Å². The van der Waals surface area contributed by atoms with Gasteiger partial charge in [0, 0.05) is 11.0 Å². The molecule has 0 spiro atoms. The van der Waals surface area contributed by atoms with E-state index in [-0.39, 0.29) is 11.0 Å². The van der Waals surface area contributed by atoms with E-state index in [1.54, 1.807) is 7.05 Å². The second-order valence-electron chi connectivity index (χ2n) is 3.35. The fourth-order valence-corrected chi connectivity index (χ4v) is 1.75. The van der Waals surface area contributed by atoms with E-state index >= 15 is 0 Å². The van der Waals surface area contributed by atoms with E-state index in [0.717, 1.165) is 12.1 Å². The van der Waals surface area contributed by atoms with Crippen molar-refractivity contribution in [2.75, 3.05) is 13.6 Å². The highest BCUT2D eigenvalue weighted by molar-refractivity contribution is 9.10. The summed E-state index contributed by atoms with van der Waals surface area (Å²) in [4.78, 5) is 0. The van der Waals surface area contributed by atoms with Crippen molar-refractivity contribution in [2.45, 2.75) is 12.2 Å². The number of benzene rings is 1. The maximum absolute atomic E-state index is 13.4. The van der Waals surface area contributed by atoms with Crippen LogP contribution in [0.3, 0.4) is 0 Å². The first-order valence-corrected chi connectivity index (χ1v) is 5.41. The molecular weight excluding hydrogens is 284 g/mol. The highest BCUT2D eigenvalue weighted by atomic mass is 79.9. The number of aliphatic hydroxyl groups excluding tert-OH is 2. The lowest BCUT2D eigenvalue weighted by Crippen LogP contribution is -2.30. The van der Waals surface area contributed by atoms with Crippen LogP contribution in [0.5, 0.6) is 0 Å². The number of rotatable bonds is 4. The van der Waals surface area contributed by atoms with E-state index in [4.69, 9.17) is 0 Å². The van der Waals surface area contributed by atoms with Crippen LogP contribution in [0.15, 0.2) is 16.6 Å². The smallest absolute Gasteiger partial charge is 0.133 e. The van der Waals surface area contributed by atoms with Crippen molar-refractivity contribution in [3.05, 3.63) is 33.8 Å². The van der Waals surface area contributed by atoms with Crippen LogP contribution in [0.4, 0.5) is 8.78 Å². The van der Waals surface area contributed by atoms with Crippen LogP contribution in [0.25, 0.3) is 0 Å². The van der Waals surface area contributed by atoms with Crippen LogP contribution in [-0.2, 0) is 0 Å². The Morgan fingerprint density at radius 1 is 1.31 bits per heavy atom. The molecule has 6 heteroatoms. The third-order valence-corrected chi connectivity index (χ3v) is 2.58. The molecule has 0 amide bonds. The van der Waals surface area contributed by atoms with Gasteiger partial charge in [-0.05, 0) is 19.2 Å². The van der Waals surface area contributed by atoms with Gasteiger partial charge in [0.15, 0.2) is 0 Å². The highest BCUT2D eigenvalue weighted by Gasteiger charge is 2.24. The summed E-state index contributed by atoms with van der Waals surface area (Å²) < 4.78 is 27.0. The largest absolute Gasteiger partial charge is 0.389 e. The third kappa shape index (κ3) is 2.98. The van der Waals surface area contributed by atoms with E-state index in [9.17, 15) is 19.0 Å². The maximum Gasteiger partial charge on any atom is 0.133 e. The second kappa shape index (κ2) is 5.67. The fraction of sp³-hybridized carbons (Fsp3) is 0.400. The molecule has 0 saturated heterocycles. The molecule has 0 saturated carbocycles. The van der Waals surface area contributed by atoms with Crippen LogP contribution >= 0.6 is 15.9 Å². The molecule has 0 fully saturated rings. The van der Waals surface area contributed by atoms with Crippen LogP contribution in [-0.4, -0.2) is 29.9 Å². The fourth-order valence-electron chi connectivity index (χ4n) is 1.35. The van der Waals surface area contributed by atoms with Crippen molar-refractivity contribution >= 4 is 15.9 Å². The zero-order valence-electron chi connectivity index (χ0n) is 8.54. The van der Waals surface area contributed by atoms with Gasteiger partial charge in [0.1, 0.15) is 17.7 Å². The Labute approximate surface area is 100 Å². The number of hydrogen-bond acceptors (Lipinski definition) is 3. The average molecular weight is 296 g/mol. The molecule has 3 nitrogen and oxygen atoms in total. The van der Waals surface area contributed by atoms with Crippen molar-refractivity contribution in [3.8, 4) is 0 Å². The predicted molar refractivity (Wildman–Crippen MR) is 59.0 cm³/mol. The zero-order chi connectivity index (χ0) is 12.3. The Balaban J connectivity index is 3.03. The predicted octanol–water partition coefficient (Wildman–Crippen LogP) is 1.34. The van der Waals surface area contributed by atoms with Gasteiger partial charge in [-0.25, -0.2) is 8.78 Å². The Bertz CT molecular complexity index is 353. The van der Waals surface area contributed by atoms with E-state index in [2.05, 4.69) is 21.2 Å². The summed E-state index contributed by atoms with van der Waals surface area (Å²) in [5.41, 5.74) is -0.522. The van der Waals surface area contributed by atoms with Gasteiger partial charge in [0.2, 0.25) is 0 Å². The minimum absolute atomic E-state index is 0.0378. The van der Waals surface area contributed by atoms with Gasteiger partial charge in [0.25, 0.3) is 0 Å². The molecule has 0 aliphatic heterocycles. The van der Waals surface area contributed by atoms with E-state index in [1.165, 1.54) is 0 Å². The lowest BCUT2D eigenvalue weighted by Gasteiger charge is -2.19. The zero-order valence-corrected chi connectivity index (χ0v) is 10.1. The van der Waals surface area contributed by atoms with Crippen LogP contribution in [0.1, 0.15) is 11.7 Å². The molecule has 0 aliphatic carbocycles. The first kappa shape index (κ1) is 13.5. The summed E-state index contributed by atoms with van der Waals surface area (Å²) >= 11 is 2.93. The summed E-state index contributed by atoms with van der Waals surface area (Å²) in [7, 11) is 1.56. The average Bonchev–Trinajstić information content (AvgIpc) is 2.16. The number of aliphatic hydroxyl groups is 2. The Hall–Kier alpha value is -0.560. The van der Waals surface area contributed by atoms with Gasteiger partial charge in [-0.1, -0.05) is 15.9 Å². The van der Waals surface area contributed by atoms with Crippen molar-refractivity contribution in [1.29, 1.82) is 0 Å². The monoisotopic (exact) mass is 295 g/mol. The summed E-state index contributed by atoms with van der Waals surface area (Å²) in [6.07, 6.45) is -2.87. The minimum Gasteiger partial charge on any atom is -0.389 e. The Kier molecular flexibility index (Phi) is 4.79. The maximum atomic E-state index is 13.4. The topological polar surface area (TPSA) is 52.5 Å². The SMILES string of the molecule is CNCC(O)C(O)c1c(F)cc(Br)cc1F. The Morgan fingerprint density at radius 2 is 1.81 bits per heavy atom. The lowest BCUT2D eigenvalue weighted by atomic mass is 10.0. The van der Waals surface area contributed by atoms with Crippen LogP contribution < -0.4 is 5.32 Å². The summed E-state index contributed by atoms with van der Waals surface area (Å²) in [5.74, 6) is -1.79. The molecule has 1 aromatic carbocycles. The van der Waals surface area contributed by atoms with Crippen molar-refractivity contribution in [3.63, 3.8) is 0 Å². The molecule has 1 rings (SSSR count). The Morgan fingerprint density at radius 3 is 2.25 bits per heavy atom. The molecule has 0 heterocycles. The normalized spacial score (nSPS) is 14.9. The van der Waals surface area contributed by atoms with Crippen molar-refractivity contribution in [1.82, 2.24) is 5.32 Å². The standard InChI is InChI=1S/C10H12BrF2NO2/c1-14-4-8(15)10(16)9-6(12)2-5(11)3-7(9)13/h2-3,8,10,14-16H,4H2,1H3. The number of likely N-dealkylation sites (N-methyl/N-ethyl adjacent to an activating group) is 1. The van der Waals surface area contributed by atoms with Gasteiger partial charge in [-0.2, -0.15) is 0 Å². The molecule has 0 aromatic heterocycles. The van der Waals surface area contributed by atoms with Crippen LogP contribution in [0, 0.1) is 11.6 Å². The number of hydrogen-bond donors (Lipinski definition) is 3. The molecule has 1 aromatic rings. The van der Waals surface area contributed by atoms with Gasteiger partial charge >= 0.3 is 0 Å². The first-order chi connectivity index (χ1) is 7.47. The van der Waals surface area contributed by atoms with Crippen LogP contribution in [0.2, 0.25) is 0 Å². The van der Waals surface area contributed by atoms with E-state index in [0.29, 0.717) is 0 Å². The minimum atomic E-state index is -1.60. The second-order valence-corrected chi connectivity index (χ2v) is 4.27. The molecule has 0 bridgehead atoms. The summed E-state index contributed by atoms with van der Waals surface area (Å²) in [6.45, 7) is 0.0378. The van der Waals surface area contributed by atoms with Gasteiger partial charge in [-0.3, -0.25) is 0 Å². The quantitative estimate of drug-likeness (QED) is 0.786. The first-order valence-electron chi connectivity index (χ1n) is 4.62. The van der Waals surface area contributed by atoms with Crippen molar-refractivity contribution in [2.24, 2.45) is 0 Å². The van der Waals surface area contributed by atoms with Crippen molar-refractivity contribution < 1.29 is 19.0 Å². The molecule has 3 N–H and O–H groups in total. The number of nitrogens with one attached hydrogen (secondary N) is 1. The molecule has 2 unspecified atom stereocenters. The summed E-state index contributed by atoms with van der Waals surface area (Å²) in [6, 6.07) is 2.07. The molecule has 2 atom stereocenters. The lowest BCUT2D eigenvalue weighted by molar-refractivity contribution is 0.0159. The van der Waals surface area contributed by atoms with Gasteiger partial charge in [-0.15, -0.1) is 0 Å². The number of halogens is 3.